The molecular formula is C13H18N2O3. The average molecular weight is 250 g/mol. The van der Waals surface area contributed by atoms with Crippen molar-refractivity contribution in [1.82, 2.24) is 10.6 Å². The number of phenolic OH excluding ortho intramolecular Hbond substituents is 1. The van der Waals surface area contributed by atoms with Crippen LogP contribution in [0.2, 0.25) is 0 Å². The first-order chi connectivity index (χ1) is 8.74. The lowest BCUT2D eigenvalue weighted by atomic mass is 10.1. The molecule has 0 radical (unpaired) electrons. The number of hydrogen-bond acceptors (Lipinski definition) is 4. The lowest BCUT2D eigenvalue weighted by Crippen LogP contribution is -2.44. The van der Waals surface area contributed by atoms with Gasteiger partial charge in [0.15, 0.2) is 0 Å². The Morgan fingerprint density at radius 1 is 1.44 bits per heavy atom. The number of morpholine rings is 1. The summed E-state index contributed by atoms with van der Waals surface area (Å²) in [4.78, 5) is 11.7. The third-order valence-electron chi connectivity index (χ3n) is 2.86. The Morgan fingerprint density at radius 2 is 2.22 bits per heavy atom. The molecule has 1 aliphatic rings. The minimum atomic E-state index is 0.00563. The number of rotatable bonds is 4. The Morgan fingerprint density at radius 3 is 2.89 bits per heavy atom. The van der Waals surface area contributed by atoms with Crippen LogP contribution in [0.5, 0.6) is 5.75 Å². The number of hydrogen-bond donors (Lipinski definition) is 3. The van der Waals surface area contributed by atoms with Gasteiger partial charge >= 0.3 is 0 Å². The zero-order chi connectivity index (χ0) is 12.8. The first-order valence-electron chi connectivity index (χ1n) is 6.10. The molecule has 1 saturated heterocycles. The van der Waals surface area contributed by atoms with Gasteiger partial charge in [0.05, 0.1) is 13.2 Å². The minimum absolute atomic E-state index is 0.00563. The summed E-state index contributed by atoms with van der Waals surface area (Å²) < 4.78 is 5.29. The highest BCUT2D eigenvalue weighted by atomic mass is 16.5. The van der Waals surface area contributed by atoms with Crippen LogP contribution in [0, 0.1) is 0 Å². The van der Waals surface area contributed by atoms with Gasteiger partial charge in [-0.05, 0) is 17.7 Å². The van der Waals surface area contributed by atoms with E-state index in [-0.39, 0.29) is 17.7 Å². The second-order valence-electron chi connectivity index (χ2n) is 4.37. The van der Waals surface area contributed by atoms with E-state index in [4.69, 9.17) is 9.84 Å². The quantitative estimate of drug-likeness (QED) is 0.723. The molecule has 1 aromatic rings. The van der Waals surface area contributed by atoms with Gasteiger partial charge < -0.3 is 20.5 Å². The Kier molecular flexibility index (Phi) is 4.55. The number of aromatic hydroxyl groups is 1. The van der Waals surface area contributed by atoms with Crippen LogP contribution in [0.1, 0.15) is 12.0 Å². The van der Waals surface area contributed by atoms with Crippen LogP contribution < -0.4 is 10.6 Å². The van der Waals surface area contributed by atoms with E-state index >= 15 is 0 Å². The Labute approximate surface area is 106 Å². The summed E-state index contributed by atoms with van der Waals surface area (Å²) in [5.74, 6) is 0.236. The van der Waals surface area contributed by atoms with Crippen LogP contribution in [0.4, 0.5) is 0 Å². The van der Waals surface area contributed by atoms with Crippen LogP contribution in [0.3, 0.4) is 0 Å². The van der Waals surface area contributed by atoms with Crippen molar-refractivity contribution in [3.05, 3.63) is 29.8 Å². The number of amides is 1. The zero-order valence-corrected chi connectivity index (χ0v) is 10.2. The number of nitrogens with one attached hydrogen (secondary N) is 2. The van der Waals surface area contributed by atoms with E-state index in [0.717, 1.165) is 12.1 Å². The molecule has 2 rings (SSSR count). The molecular weight excluding hydrogens is 232 g/mol. The van der Waals surface area contributed by atoms with Crippen LogP contribution >= 0.6 is 0 Å². The van der Waals surface area contributed by atoms with Crippen molar-refractivity contribution in [3.63, 3.8) is 0 Å². The molecule has 0 aliphatic carbocycles. The van der Waals surface area contributed by atoms with E-state index in [1.54, 1.807) is 24.3 Å². The van der Waals surface area contributed by atoms with E-state index < -0.39 is 0 Å². The third kappa shape index (κ3) is 4.01. The molecule has 0 spiro atoms. The van der Waals surface area contributed by atoms with E-state index in [1.807, 2.05) is 0 Å². The summed E-state index contributed by atoms with van der Waals surface area (Å²) in [5.41, 5.74) is 0.967. The van der Waals surface area contributed by atoms with Crippen molar-refractivity contribution in [1.29, 1.82) is 0 Å². The number of phenols is 1. The van der Waals surface area contributed by atoms with Gasteiger partial charge in [-0.25, -0.2) is 0 Å². The fourth-order valence-corrected chi connectivity index (χ4v) is 1.86. The predicted molar refractivity (Wildman–Crippen MR) is 67.2 cm³/mol. The topological polar surface area (TPSA) is 70.6 Å². The van der Waals surface area contributed by atoms with Gasteiger partial charge in [-0.15, -0.1) is 0 Å². The number of carbonyl (C=O) groups excluding carboxylic acids is 1. The van der Waals surface area contributed by atoms with Crippen LogP contribution in [0.25, 0.3) is 0 Å². The van der Waals surface area contributed by atoms with Crippen molar-refractivity contribution in [2.24, 2.45) is 0 Å². The largest absolute Gasteiger partial charge is 0.508 e. The highest BCUT2D eigenvalue weighted by Gasteiger charge is 2.16. The molecule has 1 unspecified atom stereocenters. The second-order valence-corrected chi connectivity index (χ2v) is 4.37. The highest BCUT2D eigenvalue weighted by molar-refractivity contribution is 5.76. The maximum Gasteiger partial charge on any atom is 0.221 e. The molecule has 1 aromatic carbocycles. The lowest BCUT2D eigenvalue weighted by molar-refractivity contribution is -0.122. The predicted octanol–water partition coefficient (Wildman–Crippen LogP) is 0.387. The SMILES string of the molecule is O=C(CC1COCCN1)NCc1ccc(O)cc1. The van der Waals surface area contributed by atoms with Gasteiger partial charge in [-0.1, -0.05) is 12.1 Å². The zero-order valence-electron chi connectivity index (χ0n) is 10.2. The molecule has 1 atom stereocenters. The summed E-state index contributed by atoms with van der Waals surface area (Å²) >= 11 is 0. The van der Waals surface area contributed by atoms with Gasteiger partial charge in [0.2, 0.25) is 5.91 Å². The van der Waals surface area contributed by atoms with Gasteiger partial charge in [0.1, 0.15) is 5.75 Å². The third-order valence-corrected chi connectivity index (χ3v) is 2.86. The molecule has 1 amide bonds. The number of benzene rings is 1. The maximum atomic E-state index is 11.7. The van der Waals surface area contributed by atoms with Gasteiger partial charge in [0.25, 0.3) is 0 Å². The van der Waals surface area contributed by atoms with Crippen molar-refractivity contribution in [2.45, 2.75) is 19.0 Å². The van der Waals surface area contributed by atoms with Crippen molar-refractivity contribution in [2.75, 3.05) is 19.8 Å². The van der Waals surface area contributed by atoms with Crippen LogP contribution in [0.15, 0.2) is 24.3 Å². The molecule has 0 bridgehead atoms. The molecule has 0 saturated carbocycles. The van der Waals surface area contributed by atoms with E-state index in [0.29, 0.717) is 26.2 Å². The molecule has 1 fully saturated rings. The first kappa shape index (κ1) is 12.9. The van der Waals surface area contributed by atoms with E-state index in [9.17, 15) is 4.79 Å². The van der Waals surface area contributed by atoms with Crippen LogP contribution in [-0.2, 0) is 16.1 Å². The second kappa shape index (κ2) is 6.37. The number of ether oxygens (including phenoxy) is 1. The molecule has 5 nitrogen and oxygen atoms in total. The Hall–Kier alpha value is -1.59. The molecule has 98 valence electrons. The normalized spacial score (nSPS) is 19.4. The van der Waals surface area contributed by atoms with Crippen molar-refractivity contribution in [3.8, 4) is 5.75 Å². The summed E-state index contributed by atoms with van der Waals surface area (Å²) in [6, 6.07) is 6.91. The molecule has 0 aromatic heterocycles. The highest BCUT2D eigenvalue weighted by Crippen LogP contribution is 2.09. The Balaban J connectivity index is 1.72. The molecule has 5 heteroatoms. The van der Waals surface area contributed by atoms with Crippen molar-refractivity contribution < 1.29 is 14.6 Å². The molecule has 1 aliphatic heterocycles. The molecule has 18 heavy (non-hydrogen) atoms. The Bertz CT molecular complexity index is 386. The van der Waals surface area contributed by atoms with Crippen LogP contribution in [-0.4, -0.2) is 36.8 Å². The first-order valence-corrected chi connectivity index (χ1v) is 6.10. The smallest absolute Gasteiger partial charge is 0.221 e. The lowest BCUT2D eigenvalue weighted by Gasteiger charge is -2.23. The van der Waals surface area contributed by atoms with Gasteiger partial charge in [-0.2, -0.15) is 0 Å². The summed E-state index contributed by atoms with van der Waals surface area (Å²) in [6.45, 7) is 2.58. The summed E-state index contributed by atoms with van der Waals surface area (Å²) in [6.07, 6.45) is 0.429. The summed E-state index contributed by atoms with van der Waals surface area (Å²) in [5, 5.41) is 15.2. The van der Waals surface area contributed by atoms with E-state index in [2.05, 4.69) is 10.6 Å². The fourth-order valence-electron chi connectivity index (χ4n) is 1.86. The number of carbonyl (C=O) groups is 1. The average Bonchev–Trinajstić information content (AvgIpc) is 2.39. The van der Waals surface area contributed by atoms with Crippen molar-refractivity contribution >= 4 is 5.91 Å². The van der Waals surface area contributed by atoms with Gasteiger partial charge in [-0.3, -0.25) is 4.79 Å². The summed E-state index contributed by atoms with van der Waals surface area (Å²) in [7, 11) is 0. The van der Waals surface area contributed by atoms with E-state index in [1.165, 1.54) is 0 Å². The minimum Gasteiger partial charge on any atom is -0.508 e. The molecule has 3 N–H and O–H groups in total. The monoisotopic (exact) mass is 250 g/mol. The molecule has 1 heterocycles. The fraction of sp³-hybridized carbons (Fsp3) is 0.462. The standard InChI is InChI=1S/C13H18N2O3/c16-12-3-1-10(2-4-12)8-15-13(17)7-11-9-18-6-5-14-11/h1-4,11,14,16H,5-9H2,(H,15,17). The van der Waals surface area contributed by atoms with Gasteiger partial charge in [0, 0.05) is 25.6 Å². The maximum absolute atomic E-state index is 11.7.